The number of piperidine rings is 1. The Balaban J connectivity index is 1.41. The number of anilines is 2. The van der Waals surface area contributed by atoms with Crippen molar-refractivity contribution in [2.75, 3.05) is 50.0 Å². The molecule has 2 aliphatic rings. The number of pyridine rings is 1. The summed E-state index contributed by atoms with van der Waals surface area (Å²) in [6.45, 7) is 1.65. The lowest BCUT2D eigenvalue weighted by atomic mass is 9.97. The molecule has 4 heterocycles. The number of carbonyl (C=O) groups excluding carboxylic acids is 1. The number of aromatic nitrogens is 3. The SMILES string of the molecule is O=C(Nc1cc(-c2cncc(NCC3CCOCC3)n2)c(Cl)cn1)[C@@H]1CCCN(CC(F)(F)F)C1. The highest BCUT2D eigenvalue weighted by molar-refractivity contribution is 6.33. The fourth-order valence-electron chi connectivity index (χ4n) is 4.38. The van der Waals surface area contributed by atoms with E-state index in [4.69, 9.17) is 16.3 Å². The highest BCUT2D eigenvalue weighted by atomic mass is 35.5. The number of hydrogen-bond donors (Lipinski definition) is 2. The number of rotatable bonds is 7. The first-order valence-electron chi connectivity index (χ1n) is 11.7. The lowest BCUT2D eigenvalue weighted by molar-refractivity contribution is -0.151. The van der Waals surface area contributed by atoms with Crippen molar-refractivity contribution in [3.05, 3.63) is 29.7 Å². The van der Waals surface area contributed by atoms with Crippen LogP contribution in [0.2, 0.25) is 5.02 Å². The Morgan fingerprint density at radius 1 is 1.17 bits per heavy atom. The molecular formula is C23H28ClF3N6O2. The molecule has 2 N–H and O–H groups in total. The normalized spacial score (nSPS) is 19.9. The van der Waals surface area contributed by atoms with Crippen molar-refractivity contribution in [3.63, 3.8) is 0 Å². The van der Waals surface area contributed by atoms with Crippen LogP contribution in [0, 0.1) is 11.8 Å². The number of nitrogens with one attached hydrogen (secondary N) is 2. The van der Waals surface area contributed by atoms with E-state index in [9.17, 15) is 18.0 Å². The third-order valence-corrected chi connectivity index (χ3v) is 6.51. The molecule has 12 heteroatoms. The van der Waals surface area contributed by atoms with Crippen LogP contribution in [0.4, 0.5) is 24.8 Å². The average Bonchev–Trinajstić information content (AvgIpc) is 2.84. The van der Waals surface area contributed by atoms with Crippen LogP contribution in [0.15, 0.2) is 24.7 Å². The summed E-state index contributed by atoms with van der Waals surface area (Å²) >= 11 is 6.36. The number of halogens is 4. The Kier molecular flexibility index (Phi) is 8.40. The van der Waals surface area contributed by atoms with Gasteiger partial charge in [0, 0.05) is 38.1 Å². The standard InChI is InChI=1S/C23H28ClF3N6O2/c24-18-10-30-20(32-22(34)16-2-1-5-33(13-16)14-23(25,26)27)8-17(18)19-11-28-12-21(31-19)29-9-15-3-6-35-7-4-15/h8,10-12,15-16H,1-7,9,13-14H2,(H,29,31)(H,30,32,34)/t16-/m1/s1. The number of nitrogens with zero attached hydrogens (tertiary/aromatic N) is 4. The fourth-order valence-corrected chi connectivity index (χ4v) is 4.58. The van der Waals surface area contributed by atoms with Gasteiger partial charge in [0.1, 0.15) is 11.6 Å². The summed E-state index contributed by atoms with van der Waals surface area (Å²) < 4.78 is 43.6. The molecule has 2 saturated heterocycles. The van der Waals surface area contributed by atoms with Crippen LogP contribution in [0.5, 0.6) is 0 Å². The summed E-state index contributed by atoms with van der Waals surface area (Å²) in [6, 6.07) is 1.60. The van der Waals surface area contributed by atoms with Gasteiger partial charge in [0.2, 0.25) is 5.91 Å². The van der Waals surface area contributed by atoms with Crippen LogP contribution in [0.3, 0.4) is 0 Å². The Hall–Kier alpha value is -2.50. The lowest BCUT2D eigenvalue weighted by Crippen LogP contribution is -2.44. The molecule has 1 amide bonds. The Bertz CT molecular complexity index is 1020. The van der Waals surface area contributed by atoms with E-state index >= 15 is 0 Å². The summed E-state index contributed by atoms with van der Waals surface area (Å²) in [5.74, 6) is 0.455. The van der Waals surface area contributed by atoms with E-state index in [1.807, 2.05) is 0 Å². The predicted molar refractivity (Wildman–Crippen MR) is 126 cm³/mol. The van der Waals surface area contributed by atoms with Gasteiger partial charge in [-0.15, -0.1) is 0 Å². The summed E-state index contributed by atoms with van der Waals surface area (Å²) in [5.41, 5.74) is 1.06. The van der Waals surface area contributed by atoms with Crippen molar-refractivity contribution < 1.29 is 22.7 Å². The molecule has 8 nitrogen and oxygen atoms in total. The number of hydrogen-bond acceptors (Lipinski definition) is 7. The maximum Gasteiger partial charge on any atom is 0.401 e. The largest absolute Gasteiger partial charge is 0.401 e. The maximum atomic E-state index is 12.8. The van der Waals surface area contributed by atoms with E-state index in [1.165, 1.54) is 11.1 Å². The van der Waals surface area contributed by atoms with Crippen molar-refractivity contribution in [3.8, 4) is 11.3 Å². The van der Waals surface area contributed by atoms with Gasteiger partial charge in [-0.1, -0.05) is 11.6 Å². The molecule has 0 aliphatic carbocycles. The molecule has 0 unspecified atom stereocenters. The van der Waals surface area contributed by atoms with Crippen molar-refractivity contribution in [1.29, 1.82) is 0 Å². The number of amides is 1. The molecule has 2 aliphatic heterocycles. The third-order valence-electron chi connectivity index (χ3n) is 6.21. The molecule has 1 atom stereocenters. The minimum Gasteiger partial charge on any atom is -0.381 e. The number of likely N-dealkylation sites (tertiary alicyclic amines) is 1. The topological polar surface area (TPSA) is 92.3 Å². The quantitative estimate of drug-likeness (QED) is 0.573. The molecule has 4 rings (SSSR count). The summed E-state index contributed by atoms with van der Waals surface area (Å²) in [5, 5.41) is 6.38. The second-order valence-electron chi connectivity index (χ2n) is 8.95. The zero-order valence-corrected chi connectivity index (χ0v) is 19.9. The zero-order chi connectivity index (χ0) is 24.8. The molecule has 190 valence electrons. The molecule has 0 spiro atoms. The first-order chi connectivity index (χ1) is 16.8. The molecule has 35 heavy (non-hydrogen) atoms. The Morgan fingerprint density at radius 2 is 1.97 bits per heavy atom. The molecular weight excluding hydrogens is 485 g/mol. The molecule has 0 bridgehead atoms. The molecule has 0 saturated carbocycles. The second kappa shape index (κ2) is 11.5. The maximum absolute atomic E-state index is 12.8. The van der Waals surface area contributed by atoms with E-state index in [-0.39, 0.29) is 18.3 Å². The van der Waals surface area contributed by atoms with E-state index in [0.717, 1.165) is 32.6 Å². The zero-order valence-electron chi connectivity index (χ0n) is 19.2. The summed E-state index contributed by atoms with van der Waals surface area (Å²) in [4.78, 5) is 27.0. The fraction of sp³-hybridized carbons (Fsp3) is 0.565. The monoisotopic (exact) mass is 512 g/mol. The van der Waals surface area contributed by atoms with Gasteiger partial charge in [-0.05, 0) is 44.2 Å². The first-order valence-corrected chi connectivity index (χ1v) is 12.0. The second-order valence-corrected chi connectivity index (χ2v) is 9.36. The Labute approximate surface area is 206 Å². The minimum absolute atomic E-state index is 0.0537. The predicted octanol–water partition coefficient (Wildman–Crippen LogP) is 4.24. The number of ether oxygens (including phenoxy) is 1. The number of alkyl halides is 3. The van der Waals surface area contributed by atoms with Gasteiger partial charge in [-0.2, -0.15) is 13.2 Å². The van der Waals surface area contributed by atoms with Gasteiger partial charge < -0.3 is 15.4 Å². The molecule has 2 aromatic heterocycles. The van der Waals surface area contributed by atoms with E-state index in [2.05, 4.69) is 25.6 Å². The van der Waals surface area contributed by atoms with Crippen LogP contribution in [0.1, 0.15) is 25.7 Å². The van der Waals surface area contributed by atoms with Crippen LogP contribution >= 0.6 is 11.6 Å². The van der Waals surface area contributed by atoms with E-state index in [1.54, 1.807) is 18.5 Å². The van der Waals surface area contributed by atoms with Crippen LogP contribution in [0.25, 0.3) is 11.3 Å². The summed E-state index contributed by atoms with van der Waals surface area (Å²) in [7, 11) is 0. The highest BCUT2D eigenvalue weighted by Gasteiger charge is 2.34. The molecule has 2 fully saturated rings. The highest BCUT2D eigenvalue weighted by Crippen LogP contribution is 2.29. The van der Waals surface area contributed by atoms with Crippen molar-refractivity contribution in [1.82, 2.24) is 19.9 Å². The van der Waals surface area contributed by atoms with Crippen LogP contribution < -0.4 is 10.6 Å². The third kappa shape index (κ3) is 7.49. The van der Waals surface area contributed by atoms with E-state index in [0.29, 0.717) is 47.4 Å². The Morgan fingerprint density at radius 3 is 2.74 bits per heavy atom. The van der Waals surface area contributed by atoms with Gasteiger partial charge >= 0.3 is 6.18 Å². The average molecular weight is 513 g/mol. The first kappa shape index (κ1) is 25.6. The smallest absolute Gasteiger partial charge is 0.381 e. The van der Waals surface area contributed by atoms with Crippen LogP contribution in [-0.2, 0) is 9.53 Å². The van der Waals surface area contributed by atoms with Gasteiger partial charge in [0.15, 0.2) is 0 Å². The summed E-state index contributed by atoms with van der Waals surface area (Å²) in [6.07, 6.45) is 3.36. The van der Waals surface area contributed by atoms with Gasteiger partial charge in [0.05, 0.1) is 35.6 Å². The molecule has 0 radical (unpaired) electrons. The minimum atomic E-state index is -4.29. The van der Waals surface area contributed by atoms with Crippen molar-refractivity contribution >= 4 is 29.1 Å². The van der Waals surface area contributed by atoms with Crippen molar-refractivity contribution in [2.24, 2.45) is 11.8 Å². The van der Waals surface area contributed by atoms with Crippen LogP contribution in [-0.4, -0.2) is 71.3 Å². The van der Waals surface area contributed by atoms with Crippen molar-refractivity contribution in [2.45, 2.75) is 31.9 Å². The van der Waals surface area contributed by atoms with Gasteiger partial charge in [0.25, 0.3) is 0 Å². The molecule has 0 aromatic carbocycles. The lowest BCUT2D eigenvalue weighted by Gasteiger charge is -2.32. The van der Waals surface area contributed by atoms with Gasteiger partial charge in [-0.3, -0.25) is 14.7 Å². The van der Waals surface area contributed by atoms with Gasteiger partial charge in [-0.25, -0.2) is 9.97 Å². The van der Waals surface area contributed by atoms with E-state index < -0.39 is 18.6 Å². The number of carbonyl (C=O) groups is 1. The molecule has 2 aromatic rings.